The first-order chi connectivity index (χ1) is 19.0. The van der Waals surface area contributed by atoms with Crippen LogP contribution in [-0.2, 0) is 0 Å². The molecule has 0 atom stereocenters. The van der Waals surface area contributed by atoms with Crippen molar-refractivity contribution < 1.29 is 9.90 Å². The van der Waals surface area contributed by atoms with Crippen molar-refractivity contribution in [1.82, 2.24) is 24.8 Å². The van der Waals surface area contributed by atoms with Crippen LogP contribution in [0.5, 0.6) is 0 Å². The van der Waals surface area contributed by atoms with E-state index in [1.165, 1.54) is 6.20 Å². The van der Waals surface area contributed by atoms with Gasteiger partial charge in [0.25, 0.3) is 5.91 Å². The number of benzene rings is 2. The highest BCUT2D eigenvalue weighted by atomic mass is 16.3. The second kappa shape index (κ2) is 12.0. The first kappa shape index (κ1) is 26.2. The predicted molar refractivity (Wildman–Crippen MR) is 152 cm³/mol. The van der Waals surface area contributed by atoms with E-state index in [4.69, 9.17) is 15.0 Å². The van der Waals surface area contributed by atoms with Crippen LogP contribution >= 0.6 is 0 Å². The maximum atomic E-state index is 12.6. The summed E-state index contributed by atoms with van der Waals surface area (Å²) in [6, 6.07) is 18.9. The van der Waals surface area contributed by atoms with E-state index in [0.29, 0.717) is 35.6 Å². The van der Waals surface area contributed by atoms with Crippen LogP contribution in [0.2, 0.25) is 0 Å². The van der Waals surface area contributed by atoms with Crippen molar-refractivity contribution in [3.8, 4) is 11.4 Å². The Labute approximate surface area is 227 Å². The molecule has 39 heavy (non-hydrogen) atoms. The zero-order chi connectivity index (χ0) is 27.2. The summed E-state index contributed by atoms with van der Waals surface area (Å²) in [5.41, 5.74) is 4.30. The molecule has 1 amide bonds. The predicted octanol–water partition coefficient (Wildman–Crippen LogP) is 3.66. The highest BCUT2D eigenvalue weighted by Gasteiger charge is 2.21. The maximum Gasteiger partial charge on any atom is 0.257 e. The van der Waals surface area contributed by atoms with Gasteiger partial charge in [-0.15, -0.1) is 0 Å². The average molecular weight is 525 g/mol. The van der Waals surface area contributed by atoms with Crippen LogP contribution in [0.3, 0.4) is 0 Å². The molecule has 1 aliphatic rings. The molecular weight excluding hydrogens is 492 g/mol. The number of aliphatic hydroxyl groups is 1. The summed E-state index contributed by atoms with van der Waals surface area (Å²) < 4.78 is 0. The fourth-order valence-electron chi connectivity index (χ4n) is 4.60. The molecule has 0 bridgehead atoms. The van der Waals surface area contributed by atoms with Gasteiger partial charge in [0.15, 0.2) is 5.82 Å². The summed E-state index contributed by atoms with van der Waals surface area (Å²) in [6.07, 6.45) is 1.52. The lowest BCUT2D eigenvalue weighted by molar-refractivity contribution is 0.102. The Morgan fingerprint density at radius 3 is 2.31 bits per heavy atom. The van der Waals surface area contributed by atoms with Gasteiger partial charge in [0.05, 0.1) is 12.2 Å². The number of β-amino-alcohol motifs (C(OH)–C–C–N with tert-alkyl or cyclic N) is 1. The normalized spacial score (nSPS) is 13.8. The van der Waals surface area contributed by atoms with E-state index in [-0.39, 0.29) is 12.5 Å². The Morgan fingerprint density at radius 2 is 1.64 bits per heavy atom. The molecule has 2 aromatic carbocycles. The summed E-state index contributed by atoms with van der Waals surface area (Å²) >= 11 is 0. The van der Waals surface area contributed by atoms with E-state index in [9.17, 15) is 9.90 Å². The molecule has 0 unspecified atom stereocenters. The number of carbonyl (C=O) groups is 1. The second-order valence-electron chi connectivity index (χ2n) is 9.48. The van der Waals surface area contributed by atoms with Gasteiger partial charge in [-0.2, -0.15) is 15.0 Å². The number of aliphatic hydroxyl groups excluding tert-OH is 1. The molecule has 5 rings (SSSR count). The zero-order valence-corrected chi connectivity index (χ0v) is 22.1. The zero-order valence-electron chi connectivity index (χ0n) is 22.1. The van der Waals surface area contributed by atoms with E-state index in [1.807, 2.05) is 62.4 Å². The lowest BCUT2D eigenvalue weighted by atomic mass is 10.0. The lowest BCUT2D eigenvalue weighted by Crippen LogP contribution is -2.47. The quantitative estimate of drug-likeness (QED) is 0.317. The van der Waals surface area contributed by atoms with Crippen molar-refractivity contribution in [3.05, 3.63) is 83.6 Å². The Morgan fingerprint density at radius 1 is 0.897 bits per heavy atom. The molecule has 0 spiro atoms. The highest BCUT2D eigenvalue weighted by molar-refractivity contribution is 6.04. The number of hydrogen-bond acceptors (Lipinski definition) is 9. The van der Waals surface area contributed by atoms with Crippen LogP contribution in [0.1, 0.15) is 21.5 Å². The Kier molecular flexibility index (Phi) is 8.04. The minimum Gasteiger partial charge on any atom is -0.395 e. The van der Waals surface area contributed by atoms with Crippen LogP contribution in [0.4, 0.5) is 23.4 Å². The van der Waals surface area contributed by atoms with E-state index < -0.39 is 0 Å². The number of amides is 1. The number of pyridine rings is 1. The van der Waals surface area contributed by atoms with E-state index in [1.54, 1.807) is 12.1 Å². The number of nitrogens with zero attached hydrogens (tertiary/aromatic N) is 6. The van der Waals surface area contributed by atoms with Gasteiger partial charge in [-0.1, -0.05) is 36.4 Å². The fourth-order valence-corrected chi connectivity index (χ4v) is 4.60. The average Bonchev–Trinajstić information content (AvgIpc) is 2.94. The number of piperazine rings is 1. The number of aromatic nitrogens is 4. The Balaban J connectivity index is 1.40. The van der Waals surface area contributed by atoms with E-state index >= 15 is 0 Å². The topological polar surface area (TPSA) is 119 Å². The van der Waals surface area contributed by atoms with E-state index in [0.717, 1.165) is 48.6 Å². The van der Waals surface area contributed by atoms with Crippen molar-refractivity contribution in [2.24, 2.45) is 0 Å². The third-order valence-corrected chi connectivity index (χ3v) is 6.70. The Bertz CT molecular complexity index is 1400. The molecule has 3 N–H and O–H groups in total. The first-order valence-corrected chi connectivity index (χ1v) is 13.0. The van der Waals surface area contributed by atoms with Crippen LogP contribution in [0, 0.1) is 13.8 Å². The number of rotatable bonds is 8. The number of carbonyl (C=O) groups excluding carboxylic acids is 1. The van der Waals surface area contributed by atoms with Crippen molar-refractivity contribution in [3.63, 3.8) is 0 Å². The number of hydrogen-bond donors (Lipinski definition) is 3. The molecule has 1 aliphatic heterocycles. The molecule has 4 aromatic rings. The molecule has 10 nitrogen and oxygen atoms in total. The first-order valence-electron chi connectivity index (χ1n) is 13.0. The van der Waals surface area contributed by atoms with E-state index in [2.05, 4.69) is 25.4 Å². The smallest absolute Gasteiger partial charge is 0.257 e. The second-order valence-corrected chi connectivity index (χ2v) is 9.48. The van der Waals surface area contributed by atoms with Crippen LogP contribution < -0.4 is 15.5 Å². The van der Waals surface area contributed by atoms with Crippen molar-refractivity contribution in [2.45, 2.75) is 13.8 Å². The van der Waals surface area contributed by atoms with Gasteiger partial charge in [0, 0.05) is 50.2 Å². The third-order valence-electron chi connectivity index (χ3n) is 6.70. The number of nitrogens with one attached hydrogen (secondary N) is 2. The highest BCUT2D eigenvalue weighted by Crippen LogP contribution is 2.27. The van der Waals surface area contributed by atoms with Crippen molar-refractivity contribution >= 4 is 29.3 Å². The lowest BCUT2D eigenvalue weighted by Gasteiger charge is -2.34. The Hall–Kier alpha value is -4.41. The third kappa shape index (κ3) is 6.36. The van der Waals surface area contributed by atoms with Crippen molar-refractivity contribution in [2.75, 3.05) is 54.9 Å². The number of para-hydroxylation sites is 1. The molecule has 1 saturated heterocycles. The molecule has 3 heterocycles. The molecule has 0 saturated carbocycles. The molecule has 200 valence electrons. The van der Waals surface area contributed by atoms with Gasteiger partial charge < -0.3 is 20.6 Å². The van der Waals surface area contributed by atoms with Gasteiger partial charge >= 0.3 is 0 Å². The van der Waals surface area contributed by atoms with Crippen LogP contribution in [0.25, 0.3) is 11.4 Å². The molecule has 0 radical (unpaired) electrons. The minimum absolute atomic E-state index is 0.149. The SMILES string of the molecule is Cc1cccc(C)c1-c1nc(Nc2ccc(C(=O)Nc3ccccc3)cn2)nc(N2CCN(CCO)CC2)n1. The summed E-state index contributed by atoms with van der Waals surface area (Å²) in [5.74, 6) is 1.84. The summed E-state index contributed by atoms with van der Waals surface area (Å²) in [4.78, 5) is 35.7. The van der Waals surface area contributed by atoms with Crippen molar-refractivity contribution in [1.29, 1.82) is 0 Å². The molecule has 1 fully saturated rings. The largest absolute Gasteiger partial charge is 0.395 e. The molecule has 10 heteroatoms. The molecule has 2 aromatic heterocycles. The van der Waals surface area contributed by atoms with Gasteiger partial charge in [-0.25, -0.2) is 4.98 Å². The maximum absolute atomic E-state index is 12.6. The van der Waals surface area contributed by atoms with Gasteiger partial charge in [0.1, 0.15) is 5.82 Å². The number of anilines is 4. The fraction of sp³-hybridized carbons (Fsp3) is 0.276. The summed E-state index contributed by atoms with van der Waals surface area (Å²) in [5, 5.41) is 15.3. The minimum atomic E-state index is -0.236. The molecular formula is C29H32N8O2. The van der Waals surface area contributed by atoms with Crippen LogP contribution in [-0.4, -0.2) is 75.2 Å². The van der Waals surface area contributed by atoms with Gasteiger partial charge in [-0.3, -0.25) is 9.69 Å². The van der Waals surface area contributed by atoms with Crippen LogP contribution in [0.15, 0.2) is 66.9 Å². The summed E-state index contributed by atoms with van der Waals surface area (Å²) in [7, 11) is 0. The number of aryl methyl sites for hydroxylation is 2. The molecule has 0 aliphatic carbocycles. The summed E-state index contributed by atoms with van der Waals surface area (Å²) in [6.45, 7) is 8.05. The monoisotopic (exact) mass is 524 g/mol. The standard InChI is InChI=1S/C29H32N8O2/c1-20-7-6-8-21(2)25(20)26-33-28(35-29(34-26)37-15-13-36(14-16-37)17-18-38)32-24-12-11-22(19-30-24)27(39)31-23-9-4-3-5-10-23/h3-12,19,38H,13-18H2,1-2H3,(H,31,39)(H,30,32,33,34,35). The van der Waals surface area contributed by atoms with Gasteiger partial charge in [-0.05, 0) is 49.2 Å². The van der Waals surface area contributed by atoms with Gasteiger partial charge in [0.2, 0.25) is 11.9 Å².